The van der Waals surface area contributed by atoms with Gasteiger partial charge in [-0.05, 0) is 49.4 Å². The lowest BCUT2D eigenvalue weighted by atomic mass is 10.00. The molecule has 1 aliphatic heterocycles. The van der Waals surface area contributed by atoms with Crippen molar-refractivity contribution in [1.82, 2.24) is 9.62 Å². The molecule has 9 nitrogen and oxygen atoms in total. The van der Waals surface area contributed by atoms with Crippen LogP contribution in [0.4, 0.5) is 4.39 Å². The van der Waals surface area contributed by atoms with Crippen molar-refractivity contribution in [2.45, 2.75) is 44.0 Å². The summed E-state index contributed by atoms with van der Waals surface area (Å²) in [6.07, 6.45) is 1.21. The zero-order valence-corrected chi connectivity index (χ0v) is 19.2. The number of nitrogens with one attached hydrogen (secondary N) is 1. The van der Waals surface area contributed by atoms with Crippen LogP contribution in [-0.2, 0) is 33.9 Å². The molecule has 1 aromatic rings. The fourth-order valence-corrected chi connectivity index (χ4v) is 4.95. The van der Waals surface area contributed by atoms with Crippen LogP contribution in [0.5, 0.6) is 0 Å². The van der Waals surface area contributed by atoms with E-state index in [1.807, 2.05) is 13.8 Å². The maximum atomic E-state index is 13.1. The molecular weight excluding hydrogens is 443 g/mol. The number of ether oxygens (including phenoxy) is 2. The number of esters is 2. The van der Waals surface area contributed by atoms with E-state index >= 15 is 0 Å². The van der Waals surface area contributed by atoms with Crippen LogP contribution in [0.3, 0.4) is 0 Å². The summed E-state index contributed by atoms with van der Waals surface area (Å²) in [6, 6.07) is 3.61. The monoisotopic (exact) mass is 472 g/mol. The van der Waals surface area contributed by atoms with Crippen molar-refractivity contribution in [3.8, 4) is 0 Å². The van der Waals surface area contributed by atoms with Gasteiger partial charge in [-0.1, -0.05) is 13.8 Å². The van der Waals surface area contributed by atoms with Gasteiger partial charge in [0.15, 0.2) is 6.61 Å². The third kappa shape index (κ3) is 6.99. The zero-order valence-electron chi connectivity index (χ0n) is 18.4. The van der Waals surface area contributed by atoms with Crippen LogP contribution in [0.2, 0.25) is 0 Å². The fourth-order valence-electron chi connectivity index (χ4n) is 3.43. The Bertz CT molecular complexity index is 919. The van der Waals surface area contributed by atoms with Gasteiger partial charge in [0.1, 0.15) is 11.9 Å². The van der Waals surface area contributed by atoms with Crippen LogP contribution in [0.1, 0.15) is 33.1 Å². The smallest absolute Gasteiger partial charge is 0.328 e. The summed E-state index contributed by atoms with van der Waals surface area (Å²) in [5.41, 5.74) is 0. The average molecular weight is 473 g/mol. The van der Waals surface area contributed by atoms with E-state index in [1.165, 1.54) is 19.2 Å². The van der Waals surface area contributed by atoms with Crippen molar-refractivity contribution >= 4 is 27.9 Å². The normalized spacial score (nSPS) is 18.1. The lowest BCUT2D eigenvalue weighted by Gasteiger charge is -2.30. The Hall–Kier alpha value is -2.53. The van der Waals surface area contributed by atoms with Crippen molar-refractivity contribution in [1.29, 1.82) is 0 Å². The minimum absolute atomic E-state index is 0.0636. The van der Waals surface area contributed by atoms with E-state index in [0.29, 0.717) is 19.3 Å². The van der Waals surface area contributed by atoms with Crippen LogP contribution in [-0.4, -0.2) is 63.4 Å². The summed E-state index contributed by atoms with van der Waals surface area (Å²) in [4.78, 5) is 36.3. The second-order valence-corrected chi connectivity index (χ2v) is 9.97. The summed E-state index contributed by atoms with van der Waals surface area (Å²) in [5.74, 6) is -3.10. The average Bonchev–Trinajstić information content (AvgIpc) is 2.76. The van der Waals surface area contributed by atoms with Gasteiger partial charge in [-0.25, -0.2) is 17.6 Å². The summed E-state index contributed by atoms with van der Waals surface area (Å²) < 4.78 is 49.6. The van der Waals surface area contributed by atoms with Crippen LogP contribution in [0.15, 0.2) is 29.2 Å². The predicted octanol–water partition coefficient (Wildman–Crippen LogP) is 1.47. The lowest BCUT2D eigenvalue weighted by Crippen LogP contribution is -2.45. The number of amides is 1. The van der Waals surface area contributed by atoms with Gasteiger partial charge in [0, 0.05) is 13.1 Å². The van der Waals surface area contributed by atoms with E-state index in [4.69, 9.17) is 4.74 Å². The summed E-state index contributed by atoms with van der Waals surface area (Å²) >= 11 is 0. The molecule has 0 aromatic heterocycles. The minimum atomic E-state index is -3.89. The number of carbonyl (C=O) groups excluding carboxylic acids is 3. The first kappa shape index (κ1) is 25.7. The standard InChI is InChI=1S/C21H29FN2O7S/c1-14(2)11-18(21(27)30-3)23-19(25)13-31-20(26)15-5-4-10-24(12-15)32(28,29)17-8-6-16(22)7-9-17/h6-9,14-15,18H,4-5,10-13H2,1-3H3,(H,23,25). The Morgan fingerprint density at radius 3 is 2.47 bits per heavy atom. The van der Waals surface area contributed by atoms with Gasteiger partial charge in [-0.15, -0.1) is 0 Å². The summed E-state index contributed by atoms with van der Waals surface area (Å²) in [5, 5.41) is 2.49. The predicted molar refractivity (Wildman–Crippen MR) is 112 cm³/mol. The maximum Gasteiger partial charge on any atom is 0.328 e. The number of benzene rings is 1. The highest BCUT2D eigenvalue weighted by molar-refractivity contribution is 7.89. The maximum absolute atomic E-state index is 13.1. The first-order valence-electron chi connectivity index (χ1n) is 10.3. The molecule has 1 heterocycles. The van der Waals surface area contributed by atoms with E-state index in [0.717, 1.165) is 16.4 Å². The summed E-state index contributed by atoms with van der Waals surface area (Å²) in [6.45, 7) is 3.30. The molecule has 2 unspecified atom stereocenters. The second kappa shape index (κ2) is 11.4. The number of hydrogen-bond acceptors (Lipinski definition) is 7. The molecule has 1 amide bonds. The Morgan fingerprint density at radius 1 is 1.22 bits per heavy atom. The highest BCUT2D eigenvalue weighted by Crippen LogP contribution is 2.24. The number of halogens is 1. The quantitative estimate of drug-likeness (QED) is 0.541. The number of carbonyl (C=O) groups is 3. The van der Waals surface area contributed by atoms with Gasteiger partial charge >= 0.3 is 11.9 Å². The molecule has 1 aromatic carbocycles. The number of nitrogens with zero attached hydrogens (tertiary/aromatic N) is 1. The van der Waals surface area contributed by atoms with Crippen molar-refractivity contribution in [2.75, 3.05) is 26.8 Å². The third-order valence-corrected chi connectivity index (χ3v) is 6.92. The van der Waals surface area contributed by atoms with Crippen molar-refractivity contribution in [2.24, 2.45) is 11.8 Å². The molecule has 11 heteroatoms. The number of piperidine rings is 1. The number of sulfonamides is 1. The van der Waals surface area contributed by atoms with Crippen LogP contribution < -0.4 is 5.32 Å². The highest BCUT2D eigenvalue weighted by Gasteiger charge is 2.34. The number of hydrogen-bond donors (Lipinski definition) is 1. The fraction of sp³-hybridized carbons (Fsp3) is 0.571. The molecule has 2 atom stereocenters. The Kier molecular flexibility index (Phi) is 9.14. The Balaban J connectivity index is 1.93. The van der Waals surface area contributed by atoms with E-state index in [-0.39, 0.29) is 23.9 Å². The van der Waals surface area contributed by atoms with Crippen molar-refractivity contribution < 1.29 is 36.7 Å². The highest BCUT2D eigenvalue weighted by atomic mass is 32.2. The molecule has 178 valence electrons. The van der Waals surface area contributed by atoms with Gasteiger partial charge in [0.2, 0.25) is 10.0 Å². The van der Waals surface area contributed by atoms with Gasteiger partial charge in [0.25, 0.3) is 5.91 Å². The molecule has 1 N–H and O–H groups in total. The molecule has 0 radical (unpaired) electrons. The molecule has 32 heavy (non-hydrogen) atoms. The van der Waals surface area contributed by atoms with Crippen LogP contribution in [0, 0.1) is 17.7 Å². The molecule has 1 fully saturated rings. The molecule has 2 rings (SSSR count). The molecule has 0 saturated carbocycles. The number of methoxy groups -OCH3 is 1. The third-order valence-electron chi connectivity index (χ3n) is 5.04. The van der Waals surface area contributed by atoms with Gasteiger partial charge in [0.05, 0.1) is 17.9 Å². The lowest BCUT2D eigenvalue weighted by molar-refractivity contribution is -0.154. The number of rotatable bonds is 9. The molecule has 0 bridgehead atoms. The first-order chi connectivity index (χ1) is 15.0. The van der Waals surface area contributed by atoms with E-state index in [9.17, 15) is 27.2 Å². The summed E-state index contributed by atoms with van der Waals surface area (Å²) in [7, 11) is -2.67. The van der Waals surface area contributed by atoms with Gasteiger partial charge in [-0.3, -0.25) is 9.59 Å². The van der Waals surface area contributed by atoms with Crippen molar-refractivity contribution in [3.63, 3.8) is 0 Å². The van der Waals surface area contributed by atoms with Crippen LogP contribution >= 0.6 is 0 Å². The molecule has 0 aliphatic carbocycles. The molecule has 1 aliphatic rings. The van der Waals surface area contributed by atoms with E-state index in [1.54, 1.807) is 0 Å². The topological polar surface area (TPSA) is 119 Å². The van der Waals surface area contributed by atoms with Crippen LogP contribution in [0.25, 0.3) is 0 Å². The van der Waals surface area contributed by atoms with Gasteiger partial charge < -0.3 is 14.8 Å². The second-order valence-electron chi connectivity index (χ2n) is 8.04. The van der Waals surface area contributed by atoms with E-state index < -0.39 is 52.3 Å². The minimum Gasteiger partial charge on any atom is -0.467 e. The van der Waals surface area contributed by atoms with E-state index in [2.05, 4.69) is 10.1 Å². The van der Waals surface area contributed by atoms with Crippen molar-refractivity contribution in [3.05, 3.63) is 30.1 Å². The first-order valence-corrected chi connectivity index (χ1v) is 11.8. The SMILES string of the molecule is COC(=O)C(CC(C)C)NC(=O)COC(=O)C1CCCN(S(=O)(=O)c2ccc(F)cc2)C1. The molecule has 1 saturated heterocycles. The Morgan fingerprint density at radius 2 is 1.88 bits per heavy atom. The van der Waals surface area contributed by atoms with Gasteiger partial charge in [-0.2, -0.15) is 4.31 Å². The molecular formula is C21H29FN2O7S. The Labute approximate surface area is 187 Å². The zero-order chi connectivity index (χ0) is 23.9. The molecule has 0 spiro atoms. The largest absolute Gasteiger partial charge is 0.467 e.